The number of nitrogens with zero attached hydrogens (tertiary/aromatic N) is 2. The molecule has 9 nitrogen and oxygen atoms in total. The molecule has 0 radical (unpaired) electrons. The van der Waals surface area contributed by atoms with E-state index in [0.29, 0.717) is 43.1 Å². The highest BCUT2D eigenvalue weighted by Crippen LogP contribution is 2.51. The van der Waals surface area contributed by atoms with Crippen LogP contribution in [0.2, 0.25) is 0 Å². The van der Waals surface area contributed by atoms with Gasteiger partial charge in [0.2, 0.25) is 11.8 Å². The fraction of sp³-hybridized carbons (Fsp3) is 0.387. The normalized spacial score (nSPS) is 20.2. The molecule has 3 unspecified atom stereocenters. The van der Waals surface area contributed by atoms with Gasteiger partial charge in [-0.25, -0.2) is 12.8 Å². The summed E-state index contributed by atoms with van der Waals surface area (Å²) in [6, 6.07) is 6.48. The number of benzene rings is 2. The van der Waals surface area contributed by atoms with Gasteiger partial charge < -0.3 is 15.7 Å². The number of hydrogen-bond donors (Lipinski definition) is 3. The van der Waals surface area contributed by atoms with Crippen molar-refractivity contribution in [3.8, 4) is 0 Å². The van der Waals surface area contributed by atoms with E-state index in [4.69, 9.17) is 0 Å². The molecule has 48 heavy (non-hydrogen) atoms. The van der Waals surface area contributed by atoms with E-state index in [1.807, 2.05) is 0 Å². The van der Waals surface area contributed by atoms with Gasteiger partial charge >= 0.3 is 12.4 Å². The molecule has 2 amide bonds. The van der Waals surface area contributed by atoms with Crippen molar-refractivity contribution in [1.29, 1.82) is 0 Å². The van der Waals surface area contributed by atoms with Gasteiger partial charge in [0.05, 0.1) is 22.5 Å². The van der Waals surface area contributed by atoms with Crippen molar-refractivity contribution in [2.75, 3.05) is 9.62 Å². The maximum Gasteiger partial charge on any atom is 0.430 e. The first-order valence-corrected chi connectivity index (χ1v) is 16.2. The first-order valence-electron chi connectivity index (χ1n) is 14.7. The molecule has 1 saturated carbocycles. The monoisotopic (exact) mass is 702 g/mol. The van der Waals surface area contributed by atoms with Gasteiger partial charge in [0.15, 0.2) is 0 Å². The lowest BCUT2D eigenvalue weighted by atomic mass is 9.87. The third-order valence-electron chi connectivity index (χ3n) is 8.57. The molecule has 0 spiro atoms. The maximum absolute atomic E-state index is 13.9. The Kier molecular flexibility index (Phi) is 9.49. The highest BCUT2D eigenvalue weighted by molar-refractivity contribution is 7.92. The molecule has 0 saturated heterocycles. The first-order chi connectivity index (χ1) is 22.4. The van der Waals surface area contributed by atoms with Crippen LogP contribution < -0.4 is 14.9 Å². The average Bonchev–Trinajstić information content (AvgIpc) is 3.47. The van der Waals surface area contributed by atoms with Crippen LogP contribution in [0.4, 0.5) is 42.1 Å². The number of amides is 2. The predicted molar refractivity (Wildman–Crippen MR) is 157 cm³/mol. The fourth-order valence-electron chi connectivity index (χ4n) is 6.18. The Hall–Kier alpha value is -4.25. The van der Waals surface area contributed by atoms with Gasteiger partial charge in [-0.05, 0) is 73.7 Å². The smallest absolute Gasteiger partial charge is 0.369 e. The Balaban J connectivity index is 1.44. The van der Waals surface area contributed by atoms with Gasteiger partial charge in [-0.1, -0.05) is 18.6 Å². The number of carbonyl (C=O) groups excluding carboxylic acids is 2. The molecule has 1 fully saturated rings. The number of aromatic nitrogens is 1. The molecule has 5 rings (SSSR count). The first kappa shape index (κ1) is 35.1. The van der Waals surface area contributed by atoms with Crippen LogP contribution in [0, 0.1) is 11.7 Å². The van der Waals surface area contributed by atoms with Crippen LogP contribution in [0.5, 0.6) is 0 Å². The summed E-state index contributed by atoms with van der Waals surface area (Å²) in [5, 5.41) is 15.5. The van der Waals surface area contributed by atoms with Crippen molar-refractivity contribution in [2.24, 2.45) is 5.92 Å². The van der Waals surface area contributed by atoms with Crippen LogP contribution in [0.3, 0.4) is 0 Å². The van der Waals surface area contributed by atoms with Crippen LogP contribution in [0.1, 0.15) is 43.2 Å². The summed E-state index contributed by atoms with van der Waals surface area (Å²) in [6.45, 7) is 0. The number of hydrogen-bond acceptors (Lipinski definition) is 6. The molecule has 3 N–H and O–H groups in total. The lowest BCUT2D eigenvalue weighted by Gasteiger charge is -2.39. The van der Waals surface area contributed by atoms with Crippen molar-refractivity contribution in [1.82, 2.24) is 10.3 Å². The SMILES string of the molecule is O=C(CC1CCc2cc(C(O)(C(F)(F)F)C(F)(F)F)ccc2N1S(=O)(=O)c1ccc(F)cc1)NC1CCCC1C(=O)Nc1ccncc1. The van der Waals surface area contributed by atoms with Crippen molar-refractivity contribution in [3.63, 3.8) is 0 Å². The molecular formula is C31H29F7N4O5S. The number of aliphatic hydroxyl groups is 1. The molecule has 258 valence electrons. The fourth-order valence-corrected chi connectivity index (χ4v) is 7.89. The Morgan fingerprint density at radius 3 is 2.19 bits per heavy atom. The molecule has 2 aromatic carbocycles. The molecule has 3 atom stereocenters. The summed E-state index contributed by atoms with van der Waals surface area (Å²) in [6.07, 6.45) is -8.75. The number of alkyl halides is 6. The van der Waals surface area contributed by atoms with Crippen LogP contribution in [-0.2, 0) is 31.6 Å². The number of nitrogens with one attached hydrogen (secondary N) is 2. The van der Waals surface area contributed by atoms with Crippen LogP contribution >= 0.6 is 0 Å². The van der Waals surface area contributed by atoms with Gasteiger partial charge in [0, 0.05) is 36.1 Å². The predicted octanol–water partition coefficient (Wildman–Crippen LogP) is 5.36. The van der Waals surface area contributed by atoms with Crippen LogP contribution in [0.15, 0.2) is 71.9 Å². The van der Waals surface area contributed by atoms with Crippen molar-refractivity contribution in [2.45, 2.75) is 73.5 Å². The Morgan fingerprint density at radius 2 is 1.56 bits per heavy atom. The zero-order valence-electron chi connectivity index (χ0n) is 24.9. The number of pyridine rings is 1. The maximum atomic E-state index is 13.9. The molecule has 17 heteroatoms. The number of sulfonamides is 1. The van der Waals surface area contributed by atoms with E-state index in [-0.39, 0.29) is 30.0 Å². The molecule has 1 aliphatic carbocycles. The second-order valence-electron chi connectivity index (χ2n) is 11.6. The summed E-state index contributed by atoms with van der Waals surface area (Å²) in [5.74, 6) is -2.36. The van der Waals surface area contributed by atoms with Gasteiger partial charge in [-0.15, -0.1) is 0 Å². The molecular weight excluding hydrogens is 673 g/mol. The molecule has 2 aliphatic rings. The standard InChI is InChI=1S/C31H29F7N4O5S/c32-20-6-9-23(10-7-20)48(46,47)42-22(8-4-18-16-19(5-11-26(18)42)29(45,30(33,34)35)31(36,37)38)17-27(43)41-25-3-1-2-24(25)28(44)40-21-12-14-39-15-13-21/h5-7,9-16,22,24-25,45H,1-4,8,17H2,(H,41,43)(H,39,40,44). The van der Waals surface area contributed by atoms with E-state index in [1.54, 1.807) is 12.1 Å². The topological polar surface area (TPSA) is 129 Å². The van der Waals surface area contributed by atoms with E-state index in [1.165, 1.54) is 12.4 Å². The minimum atomic E-state index is -6.16. The van der Waals surface area contributed by atoms with E-state index in [9.17, 15) is 53.8 Å². The second-order valence-corrected chi connectivity index (χ2v) is 13.5. The molecule has 0 bridgehead atoms. The number of rotatable bonds is 8. The van der Waals surface area contributed by atoms with E-state index in [2.05, 4.69) is 15.6 Å². The van der Waals surface area contributed by atoms with E-state index < -0.39 is 74.6 Å². The van der Waals surface area contributed by atoms with Crippen molar-refractivity contribution < 1.29 is 53.8 Å². The Morgan fingerprint density at radius 1 is 0.917 bits per heavy atom. The summed E-state index contributed by atoms with van der Waals surface area (Å²) < 4.78 is 124. The Bertz CT molecular complexity index is 1760. The third kappa shape index (κ3) is 6.70. The van der Waals surface area contributed by atoms with Crippen molar-refractivity contribution in [3.05, 3.63) is 83.9 Å². The molecule has 3 aromatic rings. The number of anilines is 2. The highest BCUT2D eigenvalue weighted by atomic mass is 32.2. The number of fused-ring (bicyclic) bond motifs is 1. The van der Waals surface area contributed by atoms with Gasteiger partial charge in [-0.3, -0.25) is 18.9 Å². The zero-order chi connectivity index (χ0) is 35.1. The molecule has 2 heterocycles. The zero-order valence-corrected chi connectivity index (χ0v) is 25.7. The third-order valence-corrected chi connectivity index (χ3v) is 10.5. The van der Waals surface area contributed by atoms with Gasteiger partial charge in [0.1, 0.15) is 5.82 Å². The summed E-state index contributed by atoms with van der Waals surface area (Å²) in [4.78, 5) is 29.8. The number of halogens is 7. The van der Waals surface area contributed by atoms with E-state index >= 15 is 0 Å². The largest absolute Gasteiger partial charge is 0.430 e. The Labute approximate surface area is 270 Å². The minimum Gasteiger partial charge on any atom is -0.369 e. The highest BCUT2D eigenvalue weighted by Gasteiger charge is 2.71. The summed E-state index contributed by atoms with van der Waals surface area (Å²) in [5.41, 5.74) is -6.87. The van der Waals surface area contributed by atoms with Gasteiger partial charge in [0.25, 0.3) is 15.6 Å². The molecule has 1 aromatic heterocycles. The second kappa shape index (κ2) is 13.0. The van der Waals surface area contributed by atoms with E-state index in [0.717, 1.165) is 28.6 Å². The van der Waals surface area contributed by atoms with Crippen LogP contribution in [-0.4, -0.2) is 54.8 Å². The number of carbonyl (C=O) groups is 2. The van der Waals surface area contributed by atoms with Crippen molar-refractivity contribution >= 4 is 33.2 Å². The lowest BCUT2D eigenvalue weighted by Crippen LogP contribution is -2.54. The van der Waals surface area contributed by atoms with Gasteiger partial charge in [-0.2, -0.15) is 26.3 Å². The quantitative estimate of drug-likeness (QED) is 0.272. The lowest BCUT2D eigenvalue weighted by molar-refractivity contribution is -0.376. The molecule has 1 aliphatic heterocycles. The summed E-state index contributed by atoms with van der Waals surface area (Å²) in [7, 11) is -4.67. The number of aryl methyl sites for hydroxylation is 1. The summed E-state index contributed by atoms with van der Waals surface area (Å²) >= 11 is 0. The average molecular weight is 703 g/mol. The van der Waals surface area contributed by atoms with Crippen LogP contribution in [0.25, 0.3) is 0 Å². The minimum absolute atomic E-state index is 0.211.